The van der Waals surface area contributed by atoms with E-state index in [1.54, 1.807) is 0 Å². The quantitative estimate of drug-likeness (QED) is 0.678. The Morgan fingerprint density at radius 3 is 2.74 bits per heavy atom. The summed E-state index contributed by atoms with van der Waals surface area (Å²) in [6.45, 7) is 7.45. The van der Waals surface area contributed by atoms with Crippen LogP contribution in [0, 0.1) is 5.92 Å². The van der Waals surface area contributed by atoms with E-state index in [1.807, 2.05) is 11.8 Å². The smallest absolute Gasteiger partial charge is 0.191 e. The number of guanidine groups is 1. The number of rotatable bonds is 4. The Hall–Kier alpha value is -1.20. The molecule has 2 saturated heterocycles. The number of benzene rings is 1. The van der Waals surface area contributed by atoms with Gasteiger partial charge in [0.15, 0.2) is 5.96 Å². The summed E-state index contributed by atoms with van der Waals surface area (Å²) < 4.78 is 0. The summed E-state index contributed by atoms with van der Waals surface area (Å²) in [6, 6.07) is 11.4. The van der Waals surface area contributed by atoms with E-state index in [2.05, 4.69) is 47.1 Å². The van der Waals surface area contributed by atoms with E-state index in [1.165, 1.54) is 23.5 Å². The highest BCUT2D eigenvalue weighted by molar-refractivity contribution is 7.99. The fourth-order valence-electron chi connectivity index (χ4n) is 3.50. The van der Waals surface area contributed by atoms with Crippen LogP contribution in [0.4, 0.5) is 0 Å². The number of hydrogen-bond donors (Lipinski definition) is 1. The van der Waals surface area contributed by atoms with E-state index in [0.717, 1.165) is 38.7 Å². The minimum atomic E-state index is 0.628. The zero-order valence-corrected chi connectivity index (χ0v) is 14.8. The van der Waals surface area contributed by atoms with Gasteiger partial charge in [0.05, 0.1) is 0 Å². The number of aliphatic imine (C=N–C) groups is 1. The van der Waals surface area contributed by atoms with Gasteiger partial charge in [-0.05, 0) is 24.8 Å². The molecule has 5 heteroatoms. The van der Waals surface area contributed by atoms with Crippen molar-refractivity contribution in [3.8, 4) is 0 Å². The largest absolute Gasteiger partial charge is 0.370 e. The Kier molecular flexibility index (Phi) is 5.84. The monoisotopic (exact) mass is 332 g/mol. The molecule has 0 radical (unpaired) electrons. The molecular formula is C18H28N4S. The molecular weight excluding hydrogens is 304 g/mol. The number of nitrogens with zero attached hydrogens (tertiary/aromatic N) is 3. The molecule has 2 aliphatic heterocycles. The van der Waals surface area contributed by atoms with Gasteiger partial charge in [0, 0.05) is 50.3 Å². The summed E-state index contributed by atoms with van der Waals surface area (Å²) in [5, 5.41) is 0. The van der Waals surface area contributed by atoms with Gasteiger partial charge in [0.2, 0.25) is 0 Å². The molecule has 0 unspecified atom stereocenters. The van der Waals surface area contributed by atoms with E-state index in [0.29, 0.717) is 12.0 Å². The molecule has 2 atom stereocenters. The van der Waals surface area contributed by atoms with Crippen molar-refractivity contribution in [2.75, 3.05) is 37.7 Å². The number of hydrogen-bond acceptors (Lipinski definition) is 3. The first kappa shape index (κ1) is 16.7. The average molecular weight is 333 g/mol. The summed E-state index contributed by atoms with van der Waals surface area (Å²) in [4.78, 5) is 9.50. The molecule has 2 heterocycles. The summed E-state index contributed by atoms with van der Waals surface area (Å²) in [5.74, 6) is 3.72. The van der Waals surface area contributed by atoms with Crippen LogP contribution in [0.5, 0.6) is 0 Å². The van der Waals surface area contributed by atoms with Crippen molar-refractivity contribution >= 4 is 17.7 Å². The third-order valence-electron chi connectivity index (χ3n) is 4.87. The molecule has 2 fully saturated rings. The van der Waals surface area contributed by atoms with Gasteiger partial charge in [-0.1, -0.05) is 30.3 Å². The topological polar surface area (TPSA) is 44.9 Å². The SMILES string of the molecule is C[C@@H]1C[C@H](CN=C(N)N2CCSCC2)CN1Cc1ccccc1. The Morgan fingerprint density at radius 2 is 2.00 bits per heavy atom. The molecule has 0 spiro atoms. The predicted octanol–water partition coefficient (Wildman–Crippen LogP) is 2.26. The van der Waals surface area contributed by atoms with E-state index in [-0.39, 0.29) is 0 Å². The number of likely N-dealkylation sites (tertiary alicyclic amines) is 1. The van der Waals surface area contributed by atoms with Crippen molar-refractivity contribution in [1.29, 1.82) is 0 Å². The first-order chi connectivity index (χ1) is 11.2. The van der Waals surface area contributed by atoms with Gasteiger partial charge in [-0.2, -0.15) is 11.8 Å². The summed E-state index contributed by atoms with van der Waals surface area (Å²) in [5.41, 5.74) is 7.57. The molecule has 0 saturated carbocycles. The second-order valence-electron chi connectivity index (χ2n) is 6.66. The second-order valence-corrected chi connectivity index (χ2v) is 7.89. The van der Waals surface area contributed by atoms with Gasteiger partial charge >= 0.3 is 0 Å². The maximum absolute atomic E-state index is 6.17. The van der Waals surface area contributed by atoms with Gasteiger partial charge in [-0.3, -0.25) is 9.89 Å². The van der Waals surface area contributed by atoms with Gasteiger partial charge < -0.3 is 10.6 Å². The molecule has 1 aromatic carbocycles. The highest BCUT2D eigenvalue weighted by Crippen LogP contribution is 2.25. The maximum Gasteiger partial charge on any atom is 0.191 e. The standard InChI is InChI=1S/C18H28N4S/c1-15-11-17(12-20-18(19)21-7-9-23-10-8-21)14-22(15)13-16-5-3-2-4-6-16/h2-6,15,17H,7-14H2,1H3,(H2,19,20)/t15-,17-/m1/s1. The van der Waals surface area contributed by atoms with Crippen LogP contribution in [0.25, 0.3) is 0 Å². The minimum Gasteiger partial charge on any atom is -0.370 e. The Morgan fingerprint density at radius 1 is 1.26 bits per heavy atom. The highest BCUT2D eigenvalue weighted by atomic mass is 32.2. The summed E-state index contributed by atoms with van der Waals surface area (Å²) >= 11 is 2.00. The van der Waals surface area contributed by atoms with Crippen LogP contribution in [0.1, 0.15) is 18.9 Å². The normalized spacial score (nSPS) is 26.7. The lowest BCUT2D eigenvalue weighted by atomic mass is 10.1. The molecule has 3 rings (SSSR count). The first-order valence-corrected chi connectivity index (χ1v) is 9.78. The van der Waals surface area contributed by atoms with Crippen LogP contribution in [0.15, 0.2) is 35.3 Å². The average Bonchev–Trinajstić information content (AvgIpc) is 2.94. The number of thioether (sulfide) groups is 1. The lowest BCUT2D eigenvalue weighted by Crippen LogP contribution is -2.43. The maximum atomic E-state index is 6.17. The van der Waals surface area contributed by atoms with Gasteiger partial charge in [0.25, 0.3) is 0 Å². The van der Waals surface area contributed by atoms with Crippen LogP contribution in [-0.4, -0.2) is 59.5 Å². The molecule has 0 aromatic heterocycles. The zero-order valence-electron chi connectivity index (χ0n) is 14.0. The van der Waals surface area contributed by atoms with Crippen LogP contribution < -0.4 is 5.73 Å². The zero-order chi connectivity index (χ0) is 16.1. The molecule has 126 valence electrons. The molecule has 1 aromatic rings. The van der Waals surface area contributed by atoms with E-state index >= 15 is 0 Å². The van der Waals surface area contributed by atoms with Crippen molar-refractivity contribution in [3.63, 3.8) is 0 Å². The molecule has 0 aliphatic carbocycles. The van der Waals surface area contributed by atoms with Crippen LogP contribution in [-0.2, 0) is 6.54 Å². The van der Waals surface area contributed by atoms with Gasteiger partial charge in [0.1, 0.15) is 0 Å². The first-order valence-electron chi connectivity index (χ1n) is 8.63. The van der Waals surface area contributed by atoms with Gasteiger partial charge in [-0.15, -0.1) is 0 Å². The van der Waals surface area contributed by atoms with Crippen LogP contribution in [0.3, 0.4) is 0 Å². The van der Waals surface area contributed by atoms with Crippen molar-refractivity contribution < 1.29 is 0 Å². The minimum absolute atomic E-state index is 0.628. The van der Waals surface area contributed by atoms with Crippen molar-refractivity contribution in [1.82, 2.24) is 9.80 Å². The van der Waals surface area contributed by atoms with Crippen LogP contribution >= 0.6 is 11.8 Å². The van der Waals surface area contributed by atoms with E-state index in [9.17, 15) is 0 Å². The number of nitrogens with two attached hydrogens (primary N) is 1. The molecule has 2 aliphatic rings. The molecule has 23 heavy (non-hydrogen) atoms. The van der Waals surface area contributed by atoms with Crippen molar-refractivity contribution in [3.05, 3.63) is 35.9 Å². The molecule has 0 amide bonds. The summed E-state index contributed by atoms with van der Waals surface area (Å²) in [6.07, 6.45) is 1.22. The highest BCUT2D eigenvalue weighted by Gasteiger charge is 2.28. The predicted molar refractivity (Wildman–Crippen MR) is 99.8 cm³/mol. The summed E-state index contributed by atoms with van der Waals surface area (Å²) in [7, 11) is 0. The lowest BCUT2D eigenvalue weighted by Gasteiger charge is -2.27. The fourth-order valence-corrected chi connectivity index (χ4v) is 4.41. The molecule has 0 bridgehead atoms. The molecule has 2 N–H and O–H groups in total. The third-order valence-corrected chi connectivity index (χ3v) is 5.81. The van der Waals surface area contributed by atoms with Crippen molar-refractivity contribution in [2.45, 2.75) is 25.9 Å². The molecule has 4 nitrogen and oxygen atoms in total. The van der Waals surface area contributed by atoms with E-state index < -0.39 is 0 Å². The van der Waals surface area contributed by atoms with Crippen LogP contribution in [0.2, 0.25) is 0 Å². The Bertz CT molecular complexity index is 513. The Labute approximate surface area is 144 Å². The second kappa shape index (κ2) is 8.06. The van der Waals surface area contributed by atoms with E-state index in [4.69, 9.17) is 10.7 Å². The lowest BCUT2D eigenvalue weighted by molar-refractivity contribution is 0.256. The fraction of sp³-hybridized carbons (Fsp3) is 0.611. The van der Waals surface area contributed by atoms with Gasteiger partial charge in [-0.25, -0.2) is 0 Å². The third kappa shape index (κ3) is 4.64. The van der Waals surface area contributed by atoms with Crippen molar-refractivity contribution in [2.24, 2.45) is 16.6 Å². The Balaban J connectivity index is 1.50.